The summed E-state index contributed by atoms with van der Waals surface area (Å²) in [6.07, 6.45) is 4.34. The van der Waals surface area contributed by atoms with Gasteiger partial charge in [0.2, 0.25) is 5.91 Å². The molecule has 2 N–H and O–H groups in total. The van der Waals surface area contributed by atoms with Gasteiger partial charge in [-0.05, 0) is 76.1 Å². The summed E-state index contributed by atoms with van der Waals surface area (Å²) in [7, 11) is 0. The van der Waals surface area contributed by atoms with Crippen molar-refractivity contribution in [2.75, 3.05) is 11.9 Å². The number of hydrogen-bond donors (Lipinski definition) is 2. The molecule has 7 heteroatoms. The maximum atomic E-state index is 14.4. The molecule has 2 rings (SSSR count). The van der Waals surface area contributed by atoms with E-state index < -0.39 is 23.8 Å². The summed E-state index contributed by atoms with van der Waals surface area (Å²) in [5.41, 5.74) is 3.62. The molecule has 3 amide bonds. The van der Waals surface area contributed by atoms with Gasteiger partial charge < -0.3 is 20.3 Å². The summed E-state index contributed by atoms with van der Waals surface area (Å²) in [6.45, 7) is 17.6. The summed E-state index contributed by atoms with van der Waals surface area (Å²) in [5.74, 6) is -0.804. The number of carbonyl (C=O) groups excluding carboxylic acids is 3. The van der Waals surface area contributed by atoms with Gasteiger partial charge in [-0.1, -0.05) is 88.9 Å². The van der Waals surface area contributed by atoms with E-state index in [1.807, 2.05) is 77.1 Å². The molecule has 2 aromatic carbocycles. The van der Waals surface area contributed by atoms with Crippen LogP contribution in [0.3, 0.4) is 0 Å². The molecule has 0 bridgehead atoms. The lowest BCUT2D eigenvalue weighted by Gasteiger charge is -2.36. The number of ether oxygens (including phenoxy) is 1. The average molecular weight is 566 g/mol. The first-order valence-corrected chi connectivity index (χ1v) is 15.0. The van der Waals surface area contributed by atoms with Gasteiger partial charge in [0, 0.05) is 12.2 Å². The fourth-order valence-corrected chi connectivity index (χ4v) is 4.93. The van der Waals surface area contributed by atoms with E-state index in [-0.39, 0.29) is 17.7 Å². The lowest BCUT2D eigenvalue weighted by Crippen LogP contribution is -2.54. The molecule has 7 nitrogen and oxygen atoms in total. The number of hydrogen-bond acceptors (Lipinski definition) is 4. The Kier molecular flexibility index (Phi) is 12.9. The van der Waals surface area contributed by atoms with E-state index in [1.165, 1.54) is 0 Å². The molecule has 0 aromatic heterocycles. The van der Waals surface area contributed by atoms with Gasteiger partial charge in [-0.2, -0.15) is 0 Å². The highest BCUT2D eigenvalue weighted by Crippen LogP contribution is 2.30. The molecular weight excluding hydrogens is 514 g/mol. The molecule has 226 valence electrons. The van der Waals surface area contributed by atoms with Crippen molar-refractivity contribution in [3.8, 4) is 0 Å². The SMILES string of the molecule is CCCCCCCN(C(=O)C(NC(=O)OC(C)(C)C)C(C)C)C(C(=O)Nc1c(C)cccc1C)c1ccccc1C. The predicted octanol–water partition coefficient (Wildman–Crippen LogP) is 7.64. The third-order valence-electron chi connectivity index (χ3n) is 7.16. The van der Waals surface area contributed by atoms with Crippen molar-refractivity contribution in [3.05, 3.63) is 64.7 Å². The first kappa shape index (κ1) is 33.9. The van der Waals surface area contributed by atoms with Crippen LogP contribution in [-0.2, 0) is 14.3 Å². The topological polar surface area (TPSA) is 87.7 Å². The van der Waals surface area contributed by atoms with E-state index in [0.29, 0.717) is 6.54 Å². The first-order valence-electron chi connectivity index (χ1n) is 15.0. The largest absolute Gasteiger partial charge is 0.444 e. The Morgan fingerprint density at radius 2 is 1.44 bits per heavy atom. The minimum absolute atomic E-state index is 0.225. The molecule has 2 atom stereocenters. The highest BCUT2D eigenvalue weighted by Gasteiger charge is 2.38. The number of unbranched alkanes of at least 4 members (excludes halogenated alkanes) is 4. The highest BCUT2D eigenvalue weighted by molar-refractivity contribution is 6.00. The number of anilines is 1. The summed E-state index contributed by atoms with van der Waals surface area (Å²) in [4.78, 5) is 43.1. The molecule has 0 radical (unpaired) electrons. The molecular formula is C34H51N3O4. The third kappa shape index (κ3) is 10.2. The Balaban J connectivity index is 2.57. The summed E-state index contributed by atoms with van der Waals surface area (Å²) >= 11 is 0. The number of carbonyl (C=O) groups is 3. The maximum absolute atomic E-state index is 14.4. The van der Waals surface area contributed by atoms with Crippen molar-refractivity contribution >= 4 is 23.6 Å². The lowest BCUT2D eigenvalue weighted by atomic mass is 9.95. The zero-order valence-electron chi connectivity index (χ0n) is 26.6. The smallest absolute Gasteiger partial charge is 0.408 e. The number of alkyl carbamates (subject to hydrolysis) is 1. The molecule has 0 saturated heterocycles. The van der Waals surface area contributed by atoms with E-state index in [4.69, 9.17) is 4.74 Å². The molecule has 2 unspecified atom stereocenters. The number of amides is 3. The van der Waals surface area contributed by atoms with E-state index in [1.54, 1.807) is 25.7 Å². The molecule has 0 heterocycles. The van der Waals surface area contributed by atoms with Crippen LogP contribution in [-0.4, -0.2) is 41.0 Å². The Morgan fingerprint density at radius 3 is 2.00 bits per heavy atom. The number of rotatable bonds is 13. The van der Waals surface area contributed by atoms with Crippen molar-refractivity contribution in [2.24, 2.45) is 5.92 Å². The average Bonchev–Trinajstić information content (AvgIpc) is 2.88. The first-order chi connectivity index (χ1) is 19.3. The summed E-state index contributed by atoms with van der Waals surface area (Å²) in [5, 5.41) is 5.95. The van der Waals surface area contributed by atoms with Crippen LogP contribution in [0.15, 0.2) is 42.5 Å². The maximum Gasteiger partial charge on any atom is 0.408 e. The lowest BCUT2D eigenvalue weighted by molar-refractivity contribution is -0.141. The number of aryl methyl sites for hydroxylation is 3. The van der Waals surface area contributed by atoms with Crippen LogP contribution in [0.1, 0.15) is 102 Å². The van der Waals surface area contributed by atoms with Crippen LogP contribution < -0.4 is 10.6 Å². The van der Waals surface area contributed by atoms with Crippen LogP contribution in [0.5, 0.6) is 0 Å². The zero-order valence-corrected chi connectivity index (χ0v) is 26.6. The van der Waals surface area contributed by atoms with Gasteiger partial charge >= 0.3 is 6.09 Å². The molecule has 0 spiro atoms. The van der Waals surface area contributed by atoms with Gasteiger partial charge in [0.05, 0.1) is 0 Å². The van der Waals surface area contributed by atoms with Crippen LogP contribution >= 0.6 is 0 Å². The van der Waals surface area contributed by atoms with E-state index in [0.717, 1.165) is 60.0 Å². The van der Waals surface area contributed by atoms with Crippen LogP contribution in [0.2, 0.25) is 0 Å². The van der Waals surface area contributed by atoms with E-state index in [2.05, 4.69) is 17.6 Å². The molecule has 41 heavy (non-hydrogen) atoms. The van der Waals surface area contributed by atoms with Crippen molar-refractivity contribution in [1.29, 1.82) is 0 Å². The Hall–Kier alpha value is -3.35. The fourth-order valence-electron chi connectivity index (χ4n) is 4.93. The molecule has 0 aliphatic rings. The van der Waals surface area contributed by atoms with Gasteiger partial charge in [0.25, 0.3) is 5.91 Å². The minimum Gasteiger partial charge on any atom is -0.444 e. The number of benzene rings is 2. The standard InChI is InChI=1S/C34H51N3O4/c1-10-11-12-13-16-22-37(32(39)28(23(2)3)36-33(40)41-34(7,8)9)30(27-21-15-14-18-24(27)4)31(38)35-29-25(5)19-17-20-26(29)6/h14-15,17-21,23,28,30H,10-13,16,22H2,1-9H3,(H,35,38)(H,36,40). The monoisotopic (exact) mass is 565 g/mol. The van der Waals surface area contributed by atoms with Gasteiger partial charge in [-0.3, -0.25) is 9.59 Å². The third-order valence-corrected chi connectivity index (χ3v) is 7.16. The van der Waals surface area contributed by atoms with Gasteiger partial charge in [-0.15, -0.1) is 0 Å². The van der Waals surface area contributed by atoms with E-state index >= 15 is 0 Å². The second kappa shape index (κ2) is 15.6. The highest BCUT2D eigenvalue weighted by atomic mass is 16.6. The second-order valence-corrected chi connectivity index (χ2v) is 12.3. The van der Waals surface area contributed by atoms with Crippen molar-refractivity contribution in [3.63, 3.8) is 0 Å². The number of nitrogens with one attached hydrogen (secondary N) is 2. The second-order valence-electron chi connectivity index (χ2n) is 12.3. The summed E-state index contributed by atoms with van der Waals surface area (Å²) < 4.78 is 5.49. The number of para-hydroxylation sites is 1. The molecule has 2 aromatic rings. The van der Waals surface area contributed by atoms with Gasteiger partial charge in [0.15, 0.2) is 0 Å². The molecule has 0 saturated carbocycles. The van der Waals surface area contributed by atoms with Gasteiger partial charge in [0.1, 0.15) is 17.7 Å². The van der Waals surface area contributed by atoms with Crippen molar-refractivity contribution < 1.29 is 19.1 Å². The van der Waals surface area contributed by atoms with Crippen molar-refractivity contribution in [2.45, 2.75) is 112 Å². The summed E-state index contributed by atoms with van der Waals surface area (Å²) in [6, 6.07) is 11.8. The molecule has 0 fully saturated rings. The van der Waals surface area contributed by atoms with Crippen LogP contribution in [0.4, 0.5) is 10.5 Å². The van der Waals surface area contributed by atoms with Crippen LogP contribution in [0, 0.1) is 26.7 Å². The number of nitrogens with zero attached hydrogens (tertiary/aromatic N) is 1. The van der Waals surface area contributed by atoms with E-state index in [9.17, 15) is 14.4 Å². The quantitative estimate of drug-likeness (QED) is 0.244. The molecule has 0 aliphatic carbocycles. The predicted molar refractivity (Wildman–Crippen MR) is 167 cm³/mol. The Bertz CT molecular complexity index is 1150. The zero-order chi connectivity index (χ0) is 30.7. The van der Waals surface area contributed by atoms with Crippen molar-refractivity contribution in [1.82, 2.24) is 10.2 Å². The molecule has 0 aliphatic heterocycles. The van der Waals surface area contributed by atoms with Gasteiger partial charge in [-0.25, -0.2) is 4.79 Å². The minimum atomic E-state index is -0.879. The fraction of sp³-hybridized carbons (Fsp3) is 0.559. The van der Waals surface area contributed by atoms with Crippen LogP contribution in [0.25, 0.3) is 0 Å². The normalized spacial score (nSPS) is 12.9. The Morgan fingerprint density at radius 1 is 0.854 bits per heavy atom. The Labute approximate surface area is 247 Å².